The van der Waals surface area contributed by atoms with Crippen LogP contribution in [0.4, 0.5) is 11.8 Å². The number of hydrogen-bond donors (Lipinski definition) is 2. The van der Waals surface area contributed by atoms with Gasteiger partial charge in [-0.2, -0.15) is 4.98 Å². The zero-order chi connectivity index (χ0) is 22.1. The molecule has 0 saturated heterocycles. The summed E-state index contributed by atoms with van der Waals surface area (Å²) in [5.41, 5.74) is 3.92. The van der Waals surface area contributed by atoms with Gasteiger partial charge >= 0.3 is 0 Å². The van der Waals surface area contributed by atoms with Gasteiger partial charge in [0.05, 0.1) is 28.6 Å². The van der Waals surface area contributed by atoms with Crippen molar-refractivity contribution in [1.82, 2.24) is 9.97 Å². The molecular formula is C25H28N4O2S. The van der Waals surface area contributed by atoms with Crippen LogP contribution in [0, 0.1) is 12.3 Å². The molecule has 1 saturated carbocycles. The van der Waals surface area contributed by atoms with E-state index in [9.17, 15) is 9.32 Å². The Hall–Kier alpha value is -2.69. The first kappa shape index (κ1) is 21.2. The summed E-state index contributed by atoms with van der Waals surface area (Å²) in [5.74, 6) is 4.63. The molecule has 5 rings (SSSR count). The molecule has 32 heavy (non-hydrogen) atoms. The highest BCUT2D eigenvalue weighted by atomic mass is 32.2. The number of terminal acetylenes is 1. The van der Waals surface area contributed by atoms with E-state index in [1.807, 2.05) is 12.1 Å². The average Bonchev–Trinajstić information content (AvgIpc) is 2.81. The Morgan fingerprint density at radius 1 is 1.19 bits per heavy atom. The van der Waals surface area contributed by atoms with Gasteiger partial charge in [0.2, 0.25) is 5.95 Å². The van der Waals surface area contributed by atoms with Crippen LogP contribution >= 0.6 is 0 Å². The Morgan fingerprint density at radius 3 is 2.62 bits per heavy atom. The van der Waals surface area contributed by atoms with Crippen molar-refractivity contribution in [3.05, 3.63) is 47.2 Å². The monoisotopic (exact) mass is 448 g/mol. The van der Waals surface area contributed by atoms with Crippen LogP contribution in [-0.2, 0) is 17.2 Å². The Balaban J connectivity index is 1.42. The summed E-state index contributed by atoms with van der Waals surface area (Å²) in [5, 5.41) is 13.4. The molecule has 3 aliphatic rings. The van der Waals surface area contributed by atoms with Gasteiger partial charge in [0.1, 0.15) is 10.7 Å². The molecule has 1 aliphatic carbocycles. The molecule has 166 valence electrons. The minimum atomic E-state index is -1.10. The van der Waals surface area contributed by atoms with E-state index in [0.29, 0.717) is 17.5 Å². The van der Waals surface area contributed by atoms with E-state index in [2.05, 4.69) is 34.3 Å². The number of nitrogens with zero attached hydrogens (tertiary/aromatic N) is 3. The Kier molecular flexibility index (Phi) is 5.75. The number of benzene rings is 1. The van der Waals surface area contributed by atoms with Gasteiger partial charge in [-0.25, -0.2) is 4.98 Å². The van der Waals surface area contributed by atoms with E-state index in [4.69, 9.17) is 16.4 Å². The van der Waals surface area contributed by atoms with Crippen molar-refractivity contribution in [3.8, 4) is 12.3 Å². The highest BCUT2D eigenvalue weighted by Gasteiger charge is 2.38. The number of anilines is 2. The van der Waals surface area contributed by atoms with Crippen LogP contribution in [0.5, 0.6) is 0 Å². The molecule has 1 atom stereocenters. The predicted molar refractivity (Wildman–Crippen MR) is 128 cm³/mol. The minimum absolute atomic E-state index is 0.0576. The third-order valence-corrected chi connectivity index (χ3v) is 8.35. The van der Waals surface area contributed by atoms with Crippen LogP contribution in [0.25, 0.3) is 5.57 Å². The van der Waals surface area contributed by atoms with E-state index >= 15 is 0 Å². The molecule has 3 heterocycles. The van der Waals surface area contributed by atoms with Crippen molar-refractivity contribution in [1.29, 1.82) is 0 Å². The fourth-order valence-electron chi connectivity index (χ4n) is 4.66. The molecular weight excluding hydrogens is 420 g/mol. The van der Waals surface area contributed by atoms with Crippen molar-refractivity contribution >= 4 is 28.1 Å². The third kappa shape index (κ3) is 3.94. The number of nitrogens with one attached hydrogen (secondary N) is 1. The van der Waals surface area contributed by atoms with Crippen LogP contribution in [-0.4, -0.2) is 50.3 Å². The van der Waals surface area contributed by atoms with Gasteiger partial charge in [-0.3, -0.25) is 4.21 Å². The van der Waals surface area contributed by atoms with Gasteiger partial charge in [-0.1, -0.05) is 24.1 Å². The molecule has 0 spiro atoms. The smallest absolute Gasteiger partial charge is 0.227 e. The largest absolute Gasteiger partial charge is 0.394 e. The molecule has 0 amide bonds. The number of aliphatic hydroxyl groups excluding tert-OH is 1. The second-order valence-corrected chi connectivity index (χ2v) is 10.4. The fourth-order valence-corrected chi connectivity index (χ4v) is 6.00. The molecule has 1 aromatic heterocycles. The Morgan fingerprint density at radius 2 is 2.00 bits per heavy atom. The van der Waals surface area contributed by atoms with E-state index in [1.54, 1.807) is 0 Å². The van der Waals surface area contributed by atoms with Crippen molar-refractivity contribution < 1.29 is 9.32 Å². The SMILES string of the molecule is C#Cc1ccc(C2=CCN(c3nc4c(c(NC5(CO)CCC5)n3)S(=O)CCC4)CC2)cc1. The summed E-state index contributed by atoms with van der Waals surface area (Å²) in [6.45, 7) is 1.59. The normalized spacial score (nSPS) is 21.7. The molecule has 2 aromatic rings. The predicted octanol–water partition coefficient (Wildman–Crippen LogP) is 3.13. The van der Waals surface area contributed by atoms with Gasteiger partial charge in [0, 0.05) is 24.4 Å². The molecule has 0 bridgehead atoms. The minimum Gasteiger partial charge on any atom is -0.394 e. The maximum Gasteiger partial charge on any atom is 0.227 e. The number of aliphatic hydroxyl groups is 1. The number of aryl methyl sites for hydroxylation is 1. The summed E-state index contributed by atoms with van der Waals surface area (Å²) in [4.78, 5) is 12.6. The standard InChI is InChI=1S/C25H28N4O2S/c1-2-18-6-8-19(9-7-18)20-10-14-29(15-11-20)24-26-21-5-3-16-32(31)22(21)23(27-24)28-25(17-30)12-4-13-25/h1,6-10,30H,3-5,11-17H2,(H,26,27,28). The van der Waals surface area contributed by atoms with Gasteiger partial charge in [0.25, 0.3) is 0 Å². The summed E-state index contributed by atoms with van der Waals surface area (Å²) in [7, 11) is -1.10. The van der Waals surface area contributed by atoms with E-state index in [0.717, 1.165) is 67.8 Å². The maximum atomic E-state index is 12.8. The number of hydrogen-bond acceptors (Lipinski definition) is 6. The summed E-state index contributed by atoms with van der Waals surface area (Å²) < 4.78 is 12.8. The Bertz CT molecular complexity index is 1110. The highest BCUT2D eigenvalue weighted by Crippen LogP contribution is 2.38. The van der Waals surface area contributed by atoms with E-state index < -0.39 is 10.8 Å². The van der Waals surface area contributed by atoms with Crippen molar-refractivity contribution in [2.75, 3.05) is 35.7 Å². The number of aromatic nitrogens is 2. The van der Waals surface area contributed by atoms with Crippen molar-refractivity contribution in [2.24, 2.45) is 0 Å². The fraction of sp³-hybridized carbons (Fsp3) is 0.440. The Labute approximate surface area is 191 Å². The van der Waals surface area contributed by atoms with E-state index in [-0.39, 0.29) is 12.1 Å². The van der Waals surface area contributed by atoms with Crippen LogP contribution < -0.4 is 10.2 Å². The zero-order valence-corrected chi connectivity index (χ0v) is 19.0. The van der Waals surface area contributed by atoms with Gasteiger partial charge < -0.3 is 15.3 Å². The van der Waals surface area contributed by atoms with E-state index in [1.165, 1.54) is 11.1 Å². The molecule has 2 N–H and O–H groups in total. The quantitative estimate of drug-likeness (QED) is 0.685. The zero-order valence-electron chi connectivity index (χ0n) is 18.1. The third-order valence-electron chi connectivity index (χ3n) is 6.81. The van der Waals surface area contributed by atoms with Gasteiger partial charge in [0.15, 0.2) is 0 Å². The molecule has 2 aliphatic heterocycles. The molecule has 6 nitrogen and oxygen atoms in total. The summed E-state index contributed by atoms with van der Waals surface area (Å²) in [6, 6.07) is 8.11. The van der Waals surface area contributed by atoms with Gasteiger partial charge in [-0.15, -0.1) is 6.42 Å². The first-order valence-corrected chi connectivity index (χ1v) is 12.6. The second kappa shape index (κ2) is 8.68. The van der Waals surface area contributed by atoms with Crippen molar-refractivity contribution in [2.45, 2.75) is 49.0 Å². The lowest BCUT2D eigenvalue weighted by atomic mass is 9.77. The van der Waals surface area contributed by atoms with Crippen LogP contribution in [0.1, 0.15) is 48.9 Å². The topological polar surface area (TPSA) is 78.3 Å². The first-order chi connectivity index (χ1) is 15.6. The van der Waals surface area contributed by atoms with Crippen molar-refractivity contribution in [3.63, 3.8) is 0 Å². The molecule has 1 aromatic carbocycles. The summed E-state index contributed by atoms with van der Waals surface area (Å²) in [6.07, 6.45) is 13.2. The second-order valence-electron chi connectivity index (χ2n) is 8.87. The van der Waals surface area contributed by atoms with Crippen LogP contribution in [0.3, 0.4) is 0 Å². The molecule has 0 radical (unpaired) electrons. The van der Waals surface area contributed by atoms with Gasteiger partial charge in [-0.05, 0) is 61.8 Å². The molecule has 1 fully saturated rings. The van der Waals surface area contributed by atoms with Crippen LogP contribution in [0.2, 0.25) is 0 Å². The number of fused-ring (bicyclic) bond motifs is 1. The number of rotatable bonds is 5. The summed E-state index contributed by atoms with van der Waals surface area (Å²) >= 11 is 0. The molecule has 7 heteroatoms. The average molecular weight is 449 g/mol. The lowest BCUT2D eigenvalue weighted by molar-refractivity contribution is 0.143. The first-order valence-electron chi connectivity index (χ1n) is 11.3. The highest BCUT2D eigenvalue weighted by molar-refractivity contribution is 7.85. The van der Waals surface area contributed by atoms with Crippen LogP contribution in [0.15, 0.2) is 35.2 Å². The maximum absolute atomic E-state index is 12.8. The lowest BCUT2D eigenvalue weighted by Gasteiger charge is -2.42. The molecule has 1 unspecified atom stereocenters. The lowest BCUT2D eigenvalue weighted by Crippen LogP contribution is -2.49.